The fourth-order valence-electron chi connectivity index (χ4n) is 0.714. The summed E-state index contributed by atoms with van der Waals surface area (Å²) in [6.07, 6.45) is 1.14. The molecule has 0 N–H and O–H groups in total. The van der Waals surface area contributed by atoms with Crippen molar-refractivity contribution in [3.63, 3.8) is 0 Å². The Morgan fingerprint density at radius 3 is 1.90 bits per heavy atom. The van der Waals surface area contributed by atoms with Crippen LogP contribution in [0.2, 0.25) is 0 Å². The number of hydrogen-bond donors (Lipinski definition) is 0. The van der Waals surface area contributed by atoms with Gasteiger partial charge in [0.25, 0.3) is 0 Å². The average Bonchev–Trinajstić information content (AvgIpc) is 1.90. The topological polar surface area (TPSA) is 0 Å². The predicted octanol–water partition coefficient (Wildman–Crippen LogP) is 3.25. The Morgan fingerprint density at radius 2 is 1.60 bits per heavy atom. The summed E-state index contributed by atoms with van der Waals surface area (Å²) in [5.74, 6) is 0. The molecule has 0 saturated heterocycles. The van der Waals surface area contributed by atoms with E-state index in [1.165, 1.54) is 5.56 Å². The van der Waals surface area contributed by atoms with Crippen molar-refractivity contribution >= 4 is 29.4 Å². The molecule has 0 amide bonds. The minimum atomic E-state index is 0. The van der Waals surface area contributed by atoms with Crippen molar-refractivity contribution in [2.75, 3.05) is 0 Å². The second kappa shape index (κ2) is 7.10. The lowest BCUT2D eigenvalue weighted by atomic mass is 10.2. The highest BCUT2D eigenvalue weighted by Gasteiger charge is 1.79. The summed E-state index contributed by atoms with van der Waals surface area (Å²) in [7, 11) is 0. The summed E-state index contributed by atoms with van der Waals surface area (Å²) >= 11 is 0. The Bertz CT molecular complexity index is 151. The molecule has 0 radical (unpaired) electrons. The van der Waals surface area contributed by atoms with E-state index >= 15 is 0 Å². The number of rotatable bonds is 1. The van der Waals surface area contributed by atoms with Crippen LogP contribution < -0.4 is 0 Å². The Hall–Kier alpha value is -0.0100. The number of benzene rings is 1. The molecule has 0 bridgehead atoms. The molecule has 0 spiro atoms. The highest BCUT2D eigenvalue weighted by Crippen LogP contribution is 1.96. The normalized spacial score (nSPS) is 7.30. The van der Waals surface area contributed by atoms with Crippen LogP contribution in [0.1, 0.15) is 12.5 Å². The van der Waals surface area contributed by atoms with Crippen molar-refractivity contribution in [3.8, 4) is 0 Å². The van der Waals surface area contributed by atoms with Crippen LogP contribution in [-0.2, 0) is 6.42 Å². The van der Waals surface area contributed by atoms with Gasteiger partial charge in [-0.1, -0.05) is 37.3 Å². The van der Waals surface area contributed by atoms with Crippen molar-refractivity contribution in [1.82, 2.24) is 0 Å². The lowest BCUT2D eigenvalue weighted by molar-refractivity contribution is 1.14. The van der Waals surface area contributed by atoms with Gasteiger partial charge in [-0.25, -0.2) is 0 Å². The van der Waals surface area contributed by atoms with Crippen LogP contribution in [0.3, 0.4) is 0 Å². The monoisotopic (exact) mass is 222 g/mol. The molecule has 0 aliphatic heterocycles. The van der Waals surface area contributed by atoms with Gasteiger partial charge in [0.15, 0.2) is 0 Å². The molecule has 0 fully saturated rings. The molecule has 10 heavy (non-hydrogen) atoms. The maximum atomic E-state index is 2.16. The first kappa shape index (κ1) is 12.6. The first-order valence-electron chi connectivity index (χ1n) is 2.97. The van der Waals surface area contributed by atoms with E-state index in [-0.39, 0.29) is 29.4 Å². The van der Waals surface area contributed by atoms with Gasteiger partial charge in [-0.2, -0.15) is 0 Å². The van der Waals surface area contributed by atoms with E-state index in [0.717, 1.165) is 6.42 Å². The quantitative estimate of drug-likeness (QED) is 0.686. The van der Waals surface area contributed by atoms with Crippen molar-refractivity contribution in [2.45, 2.75) is 13.3 Å². The van der Waals surface area contributed by atoms with Crippen molar-refractivity contribution < 1.29 is 0 Å². The van der Waals surface area contributed by atoms with Gasteiger partial charge in [-0.15, -0.1) is 29.4 Å². The van der Waals surface area contributed by atoms with Gasteiger partial charge in [0.05, 0.1) is 0 Å². The molecule has 1 aromatic rings. The molecule has 0 atom stereocenters. The van der Waals surface area contributed by atoms with E-state index in [1.54, 1.807) is 0 Å². The molecule has 0 aliphatic carbocycles. The lowest BCUT2D eigenvalue weighted by Crippen LogP contribution is -1.73. The Morgan fingerprint density at radius 1 is 1.10 bits per heavy atom. The molecule has 0 aliphatic rings. The molecule has 1 rings (SSSR count). The largest absolute Gasteiger partial charge is 0.147 e. The third-order valence-corrected chi connectivity index (χ3v) is 1.25. The molecule has 0 nitrogen and oxygen atoms in total. The van der Waals surface area contributed by atoms with E-state index in [2.05, 4.69) is 31.2 Å². The van der Waals surface area contributed by atoms with E-state index in [9.17, 15) is 0 Å². The second-order valence-electron chi connectivity index (χ2n) is 1.84. The van der Waals surface area contributed by atoms with Crippen molar-refractivity contribution in [3.05, 3.63) is 35.9 Å². The highest BCUT2D eigenvalue weighted by molar-refractivity contribution is 8.93. The average molecular weight is 224 g/mol. The van der Waals surface area contributed by atoms with Crippen LogP contribution in [0.15, 0.2) is 30.3 Å². The van der Waals surface area contributed by atoms with Gasteiger partial charge >= 0.3 is 0 Å². The SMILES string of the molecule is Br.CCc1ccccc1.Cl. The van der Waals surface area contributed by atoms with Gasteiger partial charge in [0, 0.05) is 0 Å². The number of hydrogen-bond acceptors (Lipinski definition) is 0. The molecule has 0 saturated carbocycles. The summed E-state index contributed by atoms with van der Waals surface area (Å²) in [6, 6.07) is 10.5. The van der Waals surface area contributed by atoms with Crippen LogP contribution in [0.5, 0.6) is 0 Å². The number of aryl methyl sites for hydroxylation is 1. The van der Waals surface area contributed by atoms with Gasteiger partial charge < -0.3 is 0 Å². The van der Waals surface area contributed by atoms with E-state index in [4.69, 9.17) is 0 Å². The standard InChI is InChI=1S/C8H10.BrH.ClH/c1-2-8-6-4-3-5-7-8;;/h3-7H,2H2,1H3;2*1H. The predicted molar refractivity (Wildman–Crippen MR) is 53.4 cm³/mol. The van der Waals surface area contributed by atoms with Crippen LogP contribution in [0.25, 0.3) is 0 Å². The zero-order valence-corrected chi connectivity index (χ0v) is 8.44. The van der Waals surface area contributed by atoms with Gasteiger partial charge in [-0.05, 0) is 12.0 Å². The Kier molecular flexibility index (Phi) is 8.98. The molecule has 0 heterocycles. The van der Waals surface area contributed by atoms with Gasteiger partial charge in [0.1, 0.15) is 0 Å². The minimum absolute atomic E-state index is 0. The Balaban J connectivity index is 0. The summed E-state index contributed by atoms with van der Waals surface area (Å²) in [5.41, 5.74) is 1.41. The maximum Gasteiger partial charge on any atom is -0.0307 e. The molecule has 58 valence electrons. The van der Waals surface area contributed by atoms with E-state index in [0.29, 0.717) is 0 Å². The summed E-state index contributed by atoms with van der Waals surface area (Å²) < 4.78 is 0. The third-order valence-electron chi connectivity index (χ3n) is 1.25. The highest BCUT2D eigenvalue weighted by atomic mass is 79.9. The molecule has 0 unspecified atom stereocenters. The summed E-state index contributed by atoms with van der Waals surface area (Å²) in [6.45, 7) is 2.16. The second-order valence-corrected chi connectivity index (χ2v) is 1.84. The Labute approximate surface area is 78.8 Å². The third kappa shape index (κ3) is 3.91. The first-order chi connectivity index (χ1) is 3.93. The van der Waals surface area contributed by atoms with Crippen LogP contribution in [-0.4, -0.2) is 0 Å². The summed E-state index contributed by atoms with van der Waals surface area (Å²) in [5, 5.41) is 0. The maximum absolute atomic E-state index is 2.16. The smallest absolute Gasteiger partial charge is 0.0307 e. The molecule has 2 heteroatoms. The van der Waals surface area contributed by atoms with Crippen molar-refractivity contribution in [1.29, 1.82) is 0 Å². The van der Waals surface area contributed by atoms with Gasteiger partial charge in [0.2, 0.25) is 0 Å². The zero-order valence-electron chi connectivity index (χ0n) is 5.91. The van der Waals surface area contributed by atoms with E-state index < -0.39 is 0 Å². The van der Waals surface area contributed by atoms with Crippen LogP contribution in [0.4, 0.5) is 0 Å². The lowest BCUT2D eigenvalue weighted by Gasteiger charge is -1.89. The van der Waals surface area contributed by atoms with Crippen LogP contribution in [0, 0.1) is 0 Å². The molecule has 0 aromatic heterocycles. The fraction of sp³-hybridized carbons (Fsp3) is 0.250. The van der Waals surface area contributed by atoms with E-state index in [1.807, 2.05) is 6.07 Å². The summed E-state index contributed by atoms with van der Waals surface area (Å²) in [4.78, 5) is 0. The molecular formula is C8H12BrCl. The molecular weight excluding hydrogens is 211 g/mol. The molecule has 1 aromatic carbocycles. The van der Waals surface area contributed by atoms with Crippen LogP contribution >= 0.6 is 29.4 Å². The zero-order chi connectivity index (χ0) is 5.82. The van der Waals surface area contributed by atoms with Crippen molar-refractivity contribution in [2.24, 2.45) is 0 Å². The number of halogens is 2. The first-order valence-corrected chi connectivity index (χ1v) is 2.97. The van der Waals surface area contributed by atoms with Gasteiger partial charge in [-0.3, -0.25) is 0 Å². The minimum Gasteiger partial charge on any atom is -0.147 e. The fourth-order valence-corrected chi connectivity index (χ4v) is 0.714.